The number of aromatic nitrogens is 1. The number of aryl methyl sites for hydroxylation is 2. The molecular weight excluding hydrogens is 495 g/mol. The normalized spacial score (nSPS) is 18.1. The maximum absolute atomic E-state index is 12.9. The van der Waals surface area contributed by atoms with Gasteiger partial charge in [-0.2, -0.15) is 0 Å². The Bertz CT molecular complexity index is 1120. The van der Waals surface area contributed by atoms with Crippen LogP contribution in [-0.4, -0.2) is 21.1 Å². The molecule has 0 radical (unpaired) electrons. The van der Waals surface area contributed by atoms with Gasteiger partial charge >= 0.3 is 0 Å². The van der Waals surface area contributed by atoms with Crippen molar-refractivity contribution in [3.8, 4) is 5.69 Å². The fourth-order valence-corrected chi connectivity index (χ4v) is 4.88. The monoisotopic (exact) mass is 516 g/mol. The van der Waals surface area contributed by atoms with E-state index in [2.05, 4.69) is 72.2 Å². The van der Waals surface area contributed by atoms with Gasteiger partial charge in [-0.05, 0) is 97.0 Å². The predicted molar refractivity (Wildman–Crippen MR) is 128 cm³/mol. The molecule has 1 aromatic heterocycles. The molecule has 1 amide bonds. The molecule has 0 spiro atoms. The number of anilines is 1. The first-order valence-corrected chi connectivity index (χ1v) is 11.2. The van der Waals surface area contributed by atoms with Gasteiger partial charge < -0.3 is 9.67 Å². The third-order valence-corrected chi connectivity index (χ3v) is 7.25. The van der Waals surface area contributed by atoms with E-state index in [1.165, 1.54) is 25.8 Å². The number of nitrogens with zero attached hydrogens (tertiary/aromatic N) is 2. The number of benzene rings is 2. The fraction of sp³-hybridized carbons (Fsp3) is 0.174. The van der Waals surface area contributed by atoms with E-state index in [1.54, 1.807) is 0 Å². The quantitative estimate of drug-likeness (QED) is 0.375. The molecule has 29 heavy (non-hydrogen) atoms. The van der Waals surface area contributed by atoms with Crippen LogP contribution in [0.3, 0.4) is 0 Å². The lowest BCUT2D eigenvalue weighted by Crippen LogP contribution is -2.31. The van der Waals surface area contributed by atoms with E-state index in [4.69, 9.17) is 0 Å². The molecule has 2 heterocycles. The molecule has 1 saturated heterocycles. The average molecular weight is 516 g/mol. The molecule has 3 aromatic rings. The summed E-state index contributed by atoms with van der Waals surface area (Å²) >= 11 is 3.52. The summed E-state index contributed by atoms with van der Waals surface area (Å²) in [5.41, 5.74) is 5.27. The zero-order valence-electron chi connectivity index (χ0n) is 16.4. The smallest absolute Gasteiger partial charge is 0.267 e. The summed E-state index contributed by atoms with van der Waals surface area (Å²) in [4.78, 5) is 14.9. The van der Waals surface area contributed by atoms with Crippen molar-refractivity contribution in [3.63, 3.8) is 0 Å². The first kappa shape index (κ1) is 20.3. The number of hydrogen-bond donors (Lipinski definition) is 1. The van der Waals surface area contributed by atoms with E-state index < -0.39 is 5.56 Å². The molecule has 2 aromatic carbocycles. The second kappa shape index (κ2) is 8.01. The third kappa shape index (κ3) is 3.76. The predicted octanol–water partition coefficient (Wildman–Crippen LogP) is 5.40. The van der Waals surface area contributed by atoms with Crippen LogP contribution in [0.2, 0.25) is 0 Å². The van der Waals surface area contributed by atoms with Gasteiger partial charge in [0.25, 0.3) is 5.91 Å². The van der Waals surface area contributed by atoms with Crippen LogP contribution >= 0.6 is 34.4 Å². The number of aliphatic hydroxyl groups excluding tert-OH is 1. The van der Waals surface area contributed by atoms with Crippen LogP contribution in [-0.2, 0) is 4.79 Å². The topological polar surface area (TPSA) is 45.5 Å². The first-order chi connectivity index (χ1) is 13.9. The van der Waals surface area contributed by atoms with Gasteiger partial charge in [0.2, 0.25) is 0 Å². The zero-order valence-corrected chi connectivity index (χ0v) is 19.4. The van der Waals surface area contributed by atoms with E-state index in [1.807, 2.05) is 36.4 Å². The lowest BCUT2D eigenvalue weighted by Gasteiger charge is -2.18. The lowest BCUT2D eigenvalue weighted by atomic mass is 10.2. The Balaban J connectivity index is 1.71. The molecule has 0 aliphatic carbocycles. The Morgan fingerprint density at radius 3 is 2.45 bits per heavy atom. The minimum atomic E-state index is -0.918. The van der Waals surface area contributed by atoms with Gasteiger partial charge in [0.15, 0.2) is 5.56 Å². The lowest BCUT2D eigenvalue weighted by molar-refractivity contribution is -0.114. The van der Waals surface area contributed by atoms with Gasteiger partial charge in [0, 0.05) is 26.3 Å². The van der Waals surface area contributed by atoms with Crippen molar-refractivity contribution in [2.45, 2.75) is 26.3 Å². The summed E-state index contributed by atoms with van der Waals surface area (Å²) in [6.07, 6.45) is 1.89. The van der Waals surface area contributed by atoms with Crippen LogP contribution in [0.25, 0.3) is 11.8 Å². The largest absolute Gasteiger partial charge is 0.364 e. The highest BCUT2D eigenvalue weighted by Gasteiger charge is 2.36. The molecule has 4 nitrogen and oxygen atoms in total. The Hall–Kier alpha value is -2.03. The molecule has 1 aliphatic rings. The van der Waals surface area contributed by atoms with E-state index >= 15 is 0 Å². The molecule has 0 saturated carbocycles. The van der Waals surface area contributed by atoms with E-state index in [0.29, 0.717) is 10.6 Å². The Morgan fingerprint density at radius 2 is 1.76 bits per heavy atom. The molecule has 1 unspecified atom stereocenters. The molecule has 0 bridgehead atoms. The van der Waals surface area contributed by atoms with Gasteiger partial charge in [-0.25, -0.2) is 0 Å². The number of carbonyl (C=O) groups is 1. The highest BCUT2D eigenvalue weighted by molar-refractivity contribution is 14.1. The summed E-state index contributed by atoms with van der Waals surface area (Å²) in [5, 5.41) is 10.4. The maximum Gasteiger partial charge on any atom is 0.267 e. The summed E-state index contributed by atoms with van der Waals surface area (Å²) in [6.45, 7) is 6.23. The SMILES string of the molecule is Cc1cc(-n2c(C)cc(/C=C3/SC(O)N(c4ccccc4)C3=O)c2C)ccc1I. The van der Waals surface area contributed by atoms with E-state index in [-0.39, 0.29) is 5.91 Å². The number of halogens is 1. The molecule has 1 atom stereocenters. The summed E-state index contributed by atoms with van der Waals surface area (Å²) < 4.78 is 3.43. The molecule has 4 rings (SSSR count). The average Bonchev–Trinajstić information content (AvgIpc) is 3.13. The van der Waals surface area contributed by atoms with Gasteiger partial charge in [-0.1, -0.05) is 30.0 Å². The van der Waals surface area contributed by atoms with Gasteiger partial charge in [-0.3, -0.25) is 9.69 Å². The summed E-state index contributed by atoms with van der Waals surface area (Å²) in [5.74, 6) is -0.177. The minimum absolute atomic E-state index is 0.177. The maximum atomic E-state index is 12.9. The van der Waals surface area contributed by atoms with Crippen molar-refractivity contribution in [2.75, 3.05) is 4.90 Å². The fourth-order valence-electron chi connectivity index (χ4n) is 3.61. The van der Waals surface area contributed by atoms with Crippen LogP contribution in [0.4, 0.5) is 5.69 Å². The molecular formula is C23H21IN2O2S. The first-order valence-electron chi connectivity index (χ1n) is 9.27. The number of para-hydroxylation sites is 1. The molecule has 148 valence electrons. The third-order valence-electron chi connectivity index (χ3n) is 5.07. The van der Waals surface area contributed by atoms with E-state index in [9.17, 15) is 9.90 Å². The van der Waals surface area contributed by atoms with Gasteiger partial charge in [0.1, 0.15) is 0 Å². The summed E-state index contributed by atoms with van der Waals surface area (Å²) in [7, 11) is 0. The number of thioether (sulfide) groups is 1. The van der Waals surface area contributed by atoms with Crippen molar-refractivity contribution in [3.05, 3.63) is 85.6 Å². The van der Waals surface area contributed by atoms with Gasteiger partial charge in [0.05, 0.1) is 4.91 Å². The Labute approximate surface area is 188 Å². The van der Waals surface area contributed by atoms with Crippen LogP contribution in [0.1, 0.15) is 22.5 Å². The van der Waals surface area contributed by atoms with E-state index in [0.717, 1.165) is 22.6 Å². The Kier molecular flexibility index (Phi) is 5.59. The number of rotatable bonds is 3. The highest BCUT2D eigenvalue weighted by Crippen LogP contribution is 2.38. The van der Waals surface area contributed by atoms with Crippen LogP contribution in [0.15, 0.2) is 59.5 Å². The second-order valence-corrected chi connectivity index (χ2v) is 9.32. The molecule has 1 N–H and O–H groups in total. The van der Waals surface area contributed by atoms with Crippen LogP contribution in [0.5, 0.6) is 0 Å². The van der Waals surface area contributed by atoms with Gasteiger partial charge in [-0.15, -0.1) is 0 Å². The minimum Gasteiger partial charge on any atom is -0.364 e. The molecule has 6 heteroatoms. The number of hydrogen-bond acceptors (Lipinski definition) is 3. The van der Waals surface area contributed by atoms with Crippen LogP contribution < -0.4 is 4.90 Å². The number of carbonyl (C=O) groups excluding carboxylic acids is 1. The van der Waals surface area contributed by atoms with Crippen molar-refractivity contribution in [1.82, 2.24) is 4.57 Å². The number of amides is 1. The molecule has 1 aliphatic heterocycles. The Morgan fingerprint density at radius 1 is 1.03 bits per heavy atom. The molecule has 1 fully saturated rings. The zero-order chi connectivity index (χ0) is 20.7. The highest BCUT2D eigenvalue weighted by atomic mass is 127. The number of aliphatic hydroxyl groups is 1. The standard InChI is InChI=1S/C23H21IN2O2S/c1-14-11-19(9-10-20(14)24)25-15(2)12-17(16(25)3)13-21-22(27)26(23(28)29-21)18-7-5-4-6-8-18/h4-13,23,28H,1-3H3/b21-13+. The van der Waals surface area contributed by atoms with Crippen LogP contribution in [0, 0.1) is 24.3 Å². The summed E-state index contributed by atoms with van der Waals surface area (Å²) in [6, 6.07) is 17.8. The van der Waals surface area contributed by atoms with Crippen molar-refractivity contribution in [2.24, 2.45) is 0 Å². The van der Waals surface area contributed by atoms with Crippen molar-refractivity contribution >= 4 is 52.0 Å². The van der Waals surface area contributed by atoms with Crippen molar-refractivity contribution < 1.29 is 9.90 Å². The second-order valence-electron chi connectivity index (χ2n) is 7.06. The van der Waals surface area contributed by atoms with Crippen molar-refractivity contribution in [1.29, 1.82) is 0 Å².